The molecular formula is C10H21N. The Morgan fingerprint density at radius 1 is 1.45 bits per heavy atom. The Labute approximate surface area is 70.6 Å². The van der Waals surface area contributed by atoms with Gasteiger partial charge in [-0.15, -0.1) is 0 Å². The van der Waals surface area contributed by atoms with Crippen LogP contribution in [0, 0.1) is 11.8 Å². The third kappa shape index (κ3) is 4.41. The van der Waals surface area contributed by atoms with Gasteiger partial charge in [-0.2, -0.15) is 0 Å². The zero-order valence-corrected chi connectivity index (χ0v) is 7.90. The van der Waals surface area contributed by atoms with Crippen LogP contribution < -0.4 is 5.32 Å². The van der Waals surface area contributed by atoms with Gasteiger partial charge in [0.2, 0.25) is 0 Å². The molecule has 0 aliphatic heterocycles. The smallest absolute Gasteiger partial charge is 0.00233 e. The van der Waals surface area contributed by atoms with Gasteiger partial charge in [0.25, 0.3) is 0 Å². The Morgan fingerprint density at radius 2 is 2.18 bits per heavy atom. The lowest BCUT2D eigenvalue weighted by atomic mass is 10.1. The van der Waals surface area contributed by atoms with Gasteiger partial charge in [-0.25, -0.2) is 0 Å². The SMILES string of the molecule is CCC(C)CNCCC1CC1. The number of nitrogens with one attached hydrogen (secondary N) is 1. The highest BCUT2D eigenvalue weighted by Crippen LogP contribution is 2.31. The summed E-state index contributed by atoms with van der Waals surface area (Å²) >= 11 is 0. The summed E-state index contributed by atoms with van der Waals surface area (Å²) in [5.41, 5.74) is 0. The fraction of sp³-hybridized carbons (Fsp3) is 1.00. The predicted molar refractivity (Wildman–Crippen MR) is 49.7 cm³/mol. The minimum absolute atomic E-state index is 0.856. The first kappa shape index (κ1) is 9.05. The molecular weight excluding hydrogens is 134 g/mol. The lowest BCUT2D eigenvalue weighted by Gasteiger charge is -2.08. The van der Waals surface area contributed by atoms with E-state index in [0.717, 1.165) is 11.8 Å². The van der Waals surface area contributed by atoms with E-state index in [4.69, 9.17) is 0 Å². The Kier molecular flexibility index (Phi) is 3.92. The number of hydrogen-bond donors (Lipinski definition) is 1. The lowest BCUT2D eigenvalue weighted by Crippen LogP contribution is -2.22. The van der Waals surface area contributed by atoms with Gasteiger partial charge in [0, 0.05) is 0 Å². The molecule has 1 atom stereocenters. The highest BCUT2D eigenvalue weighted by atomic mass is 14.9. The van der Waals surface area contributed by atoms with Crippen LogP contribution in [0.25, 0.3) is 0 Å². The summed E-state index contributed by atoms with van der Waals surface area (Å²) in [6.07, 6.45) is 5.70. The molecule has 1 nitrogen and oxygen atoms in total. The van der Waals surface area contributed by atoms with Gasteiger partial charge >= 0.3 is 0 Å². The summed E-state index contributed by atoms with van der Waals surface area (Å²) < 4.78 is 0. The third-order valence-corrected chi connectivity index (χ3v) is 2.62. The van der Waals surface area contributed by atoms with E-state index in [1.807, 2.05) is 0 Å². The topological polar surface area (TPSA) is 12.0 Å². The molecule has 1 aliphatic rings. The molecule has 0 heterocycles. The number of hydrogen-bond acceptors (Lipinski definition) is 1. The Balaban J connectivity index is 1.79. The average Bonchev–Trinajstić information content (AvgIpc) is 2.81. The second kappa shape index (κ2) is 4.76. The highest BCUT2D eigenvalue weighted by molar-refractivity contribution is 4.73. The summed E-state index contributed by atoms with van der Waals surface area (Å²) in [6.45, 7) is 7.02. The van der Waals surface area contributed by atoms with E-state index in [1.54, 1.807) is 0 Å². The van der Waals surface area contributed by atoms with Crippen LogP contribution in [0.15, 0.2) is 0 Å². The summed E-state index contributed by atoms with van der Waals surface area (Å²) in [4.78, 5) is 0. The molecule has 0 spiro atoms. The van der Waals surface area contributed by atoms with Crippen molar-refractivity contribution in [3.05, 3.63) is 0 Å². The van der Waals surface area contributed by atoms with Crippen LogP contribution in [-0.2, 0) is 0 Å². The molecule has 11 heavy (non-hydrogen) atoms. The number of rotatable bonds is 6. The molecule has 0 aromatic heterocycles. The third-order valence-electron chi connectivity index (χ3n) is 2.62. The van der Waals surface area contributed by atoms with Crippen molar-refractivity contribution >= 4 is 0 Å². The molecule has 1 rings (SSSR count). The van der Waals surface area contributed by atoms with Crippen LogP contribution in [0.5, 0.6) is 0 Å². The average molecular weight is 155 g/mol. The van der Waals surface area contributed by atoms with Gasteiger partial charge in [0.1, 0.15) is 0 Å². The largest absolute Gasteiger partial charge is 0.316 e. The second-order valence-electron chi connectivity index (χ2n) is 3.95. The van der Waals surface area contributed by atoms with E-state index in [2.05, 4.69) is 19.2 Å². The van der Waals surface area contributed by atoms with Crippen molar-refractivity contribution in [2.24, 2.45) is 11.8 Å². The van der Waals surface area contributed by atoms with Crippen molar-refractivity contribution < 1.29 is 0 Å². The molecule has 0 aromatic rings. The van der Waals surface area contributed by atoms with E-state index in [9.17, 15) is 0 Å². The minimum atomic E-state index is 0.856. The molecule has 1 unspecified atom stereocenters. The van der Waals surface area contributed by atoms with Gasteiger partial charge in [0.05, 0.1) is 0 Å². The fourth-order valence-electron chi connectivity index (χ4n) is 1.21. The zero-order valence-electron chi connectivity index (χ0n) is 7.90. The molecule has 0 bridgehead atoms. The predicted octanol–water partition coefficient (Wildman–Crippen LogP) is 2.42. The lowest BCUT2D eigenvalue weighted by molar-refractivity contribution is 0.489. The van der Waals surface area contributed by atoms with E-state index in [0.29, 0.717) is 0 Å². The van der Waals surface area contributed by atoms with E-state index in [-0.39, 0.29) is 0 Å². The van der Waals surface area contributed by atoms with Crippen molar-refractivity contribution in [2.45, 2.75) is 39.5 Å². The fourth-order valence-corrected chi connectivity index (χ4v) is 1.21. The van der Waals surface area contributed by atoms with Gasteiger partial charge in [-0.1, -0.05) is 33.1 Å². The van der Waals surface area contributed by atoms with Gasteiger partial charge in [-0.3, -0.25) is 0 Å². The van der Waals surface area contributed by atoms with Crippen LogP contribution in [0.2, 0.25) is 0 Å². The van der Waals surface area contributed by atoms with Crippen molar-refractivity contribution in [3.8, 4) is 0 Å². The molecule has 0 aromatic carbocycles. The van der Waals surface area contributed by atoms with E-state index in [1.165, 1.54) is 38.8 Å². The molecule has 0 saturated heterocycles. The maximum atomic E-state index is 3.51. The van der Waals surface area contributed by atoms with E-state index >= 15 is 0 Å². The molecule has 1 fully saturated rings. The van der Waals surface area contributed by atoms with Crippen LogP contribution >= 0.6 is 0 Å². The van der Waals surface area contributed by atoms with Crippen LogP contribution in [0.4, 0.5) is 0 Å². The molecule has 0 amide bonds. The minimum Gasteiger partial charge on any atom is -0.316 e. The maximum Gasteiger partial charge on any atom is -0.00233 e. The first-order valence-corrected chi connectivity index (χ1v) is 5.03. The van der Waals surface area contributed by atoms with Gasteiger partial charge in [-0.05, 0) is 31.3 Å². The Hall–Kier alpha value is -0.0400. The standard InChI is InChI=1S/C10H21N/c1-3-9(2)8-11-7-6-10-4-5-10/h9-11H,3-8H2,1-2H3. The summed E-state index contributed by atoms with van der Waals surface area (Å²) in [5, 5.41) is 3.51. The molecule has 1 saturated carbocycles. The summed E-state index contributed by atoms with van der Waals surface area (Å²) in [6, 6.07) is 0. The maximum absolute atomic E-state index is 3.51. The van der Waals surface area contributed by atoms with Crippen LogP contribution in [0.3, 0.4) is 0 Å². The van der Waals surface area contributed by atoms with Crippen molar-refractivity contribution in [1.82, 2.24) is 5.32 Å². The van der Waals surface area contributed by atoms with Gasteiger partial charge < -0.3 is 5.32 Å². The molecule has 1 heteroatoms. The van der Waals surface area contributed by atoms with Crippen LogP contribution in [-0.4, -0.2) is 13.1 Å². The normalized spacial score (nSPS) is 20.2. The van der Waals surface area contributed by atoms with Crippen molar-refractivity contribution in [3.63, 3.8) is 0 Å². The monoisotopic (exact) mass is 155 g/mol. The second-order valence-corrected chi connectivity index (χ2v) is 3.95. The van der Waals surface area contributed by atoms with Crippen molar-refractivity contribution in [1.29, 1.82) is 0 Å². The first-order valence-electron chi connectivity index (χ1n) is 5.03. The Bertz CT molecular complexity index is 97.0. The first-order chi connectivity index (χ1) is 5.33. The molecule has 66 valence electrons. The van der Waals surface area contributed by atoms with Gasteiger partial charge in [0.15, 0.2) is 0 Å². The summed E-state index contributed by atoms with van der Waals surface area (Å²) in [5.74, 6) is 1.94. The van der Waals surface area contributed by atoms with E-state index < -0.39 is 0 Å². The van der Waals surface area contributed by atoms with Crippen LogP contribution in [0.1, 0.15) is 39.5 Å². The van der Waals surface area contributed by atoms with Crippen molar-refractivity contribution in [2.75, 3.05) is 13.1 Å². The highest BCUT2D eigenvalue weighted by Gasteiger charge is 2.19. The molecule has 1 N–H and O–H groups in total. The molecule has 0 radical (unpaired) electrons. The summed E-state index contributed by atoms with van der Waals surface area (Å²) in [7, 11) is 0. The Morgan fingerprint density at radius 3 is 2.73 bits per heavy atom. The zero-order chi connectivity index (χ0) is 8.10. The molecule has 1 aliphatic carbocycles. The quantitative estimate of drug-likeness (QED) is 0.581.